The van der Waals surface area contributed by atoms with Gasteiger partial charge >= 0.3 is 5.97 Å². The Morgan fingerprint density at radius 2 is 1.94 bits per heavy atom. The molecule has 2 unspecified atom stereocenters. The van der Waals surface area contributed by atoms with Gasteiger partial charge in [-0.1, -0.05) is 34.6 Å². The molecule has 0 amide bonds. The quantitative estimate of drug-likeness (QED) is 0.439. The fourth-order valence-corrected chi connectivity index (χ4v) is 4.34. The molecule has 4 N–H and O–H groups in total. The minimum atomic E-state index is -2.77. The molecule has 31 heavy (non-hydrogen) atoms. The summed E-state index contributed by atoms with van der Waals surface area (Å²) in [6.45, 7) is 12.0. The average Bonchev–Trinajstić information content (AvgIpc) is 2.72. The highest BCUT2D eigenvalue weighted by atomic mass is 19.1. The van der Waals surface area contributed by atoms with Crippen molar-refractivity contribution in [2.45, 2.75) is 84.8 Å². The molecule has 0 saturated carbocycles. The van der Waals surface area contributed by atoms with Crippen molar-refractivity contribution in [3.63, 3.8) is 0 Å². The maximum Gasteiger partial charge on any atom is 0.351 e. The highest BCUT2D eigenvalue weighted by molar-refractivity contribution is 6.07. The molecule has 0 bridgehead atoms. The number of nitrogens with one attached hydrogen (secondary N) is 1. The standard InChI is InChI=1S/C23H43FN2O5/c1-7-19-15(3)8-9-26-12-14(2)10-16(4)20(30-13-18(27)11-25)17(5)21(28)23(6,24)22(29)31-19/h14-20,26-27H,7-13,25H2,1-6H3/t14-,15-,16+,17-,18?,19-,20+,23?/m1/s1. The molecule has 182 valence electrons. The van der Waals surface area contributed by atoms with Crippen LogP contribution < -0.4 is 11.1 Å². The summed E-state index contributed by atoms with van der Waals surface area (Å²) < 4.78 is 26.8. The van der Waals surface area contributed by atoms with E-state index in [0.29, 0.717) is 12.3 Å². The van der Waals surface area contributed by atoms with E-state index < -0.39 is 41.7 Å². The van der Waals surface area contributed by atoms with E-state index in [4.69, 9.17) is 15.2 Å². The van der Waals surface area contributed by atoms with E-state index in [-0.39, 0.29) is 25.0 Å². The molecule has 1 heterocycles. The minimum Gasteiger partial charge on any atom is -0.459 e. The van der Waals surface area contributed by atoms with Gasteiger partial charge in [0, 0.05) is 12.5 Å². The van der Waals surface area contributed by atoms with Gasteiger partial charge in [0.2, 0.25) is 0 Å². The summed E-state index contributed by atoms with van der Waals surface area (Å²) in [6, 6.07) is 0. The van der Waals surface area contributed by atoms with Gasteiger partial charge in [0.05, 0.1) is 18.8 Å². The number of hydrogen-bond donors (Lipinski definition) is 3. The van der Waals surface area contributed by atoms with E-state index in [1.807, 2.05) is 20.8 Å². The SMILES string of the molecule is CC[C@H]1OC(=O)C(C)(F)C(=O)[C@H](C)[C@@H](OCC(O)CN)[C@@H](C)C[C@@H](C)CNCC[C@H]1C. The topological polar surface area (TPSA) is 111 Å². The lowest BCUT2D eigenvalue weighted by Crippen LogP contribution is -2.49. The number of ether oxygens (including phenoxy) is 2. The van der Waals surface area contributed by atoms with Crippen LogP contribution >= 0.6 is 0 Å². The van der Waals surface area contributed by atoms with Crippen molar-refractivity contribution in [1.29, 1.82) is 0 Å². The normalized spacial score (nSPS) is 38.1. The number of nitrogens with two attached hydrogens (primary N) is 1. The molecule has 1 aliphatic heterocycles. The number of rotatable bonds is 5. The Morgan fingerprint density at radius 1 is 1.29 bits per heavy atom. The molecule has 1 saturated heterocycles. The fraction of sp³-hybridized carbons (Fsp3) is 0.913. The molecule has 0 aromatic heterocycles. The number of aliphatic hydroxyl groups excluding tert-OH is 1. The number of carbonyl (C=O) groups excluding carboxylic acids is 2. The summed E-state index contributed by atoms with van der Waals surface area (Å²) in [5.41, 5.74) is 2.69. The van der Waals surface area contributed by atoms with Gasteiger partial charge < -0.3 is 25.6 Å². The van der Waals surface area contributed by atoms with Crippen molar-refractivity contribution in [3.05, 3.63) is 0 Å². The first-order chi connectivity index (χ1) is 14.4. The van der Waals surface area contributed by atoms with E-state index in [2.05, 4.69) is 12.2 Å². The van der Waals surface area contributed by atoms with Crippen LogP contribution in [0.5, 0.6) is 0 Å². The predicted octanol–water partition coefficient (Wildman–Crippen LogP) is 2.24. The van der Waals surface area contributed by atoms with Crippen LogP contribution in [0, 0.1) is 23.7 Å². The number of carbonyl (C=O) groups is 2. The zero-order chi connectivity index (χ0) is 23.8. The largest absolute Gasteiger partial charge is 0.459 e. The van der Waals surface area contributed by atoms with Gasteiger partial charge in [0.1, 0.15) is 6.10 Å². The molecular formula is C23H43FN2O5. The number of alkyl halides is 1. The van der Waals surface area contributed by atoms with Gasteiger partial charge in [-0.15, -0.1) is 0 Å². The molecular weight excluding hydrogens is 403 g/mol. The molecule has 1 rings (SSSR count). The number of hydrogen-bond acceptors (Lipinski definition) is 7. The molecule has 8 heteroatoms. The summed E-state index contributed by atoms with van der Waals surface area (Å²) >= 11 is 0. The van der Waals surface area contributed by atoms with Gasteiger partial charge in [0.25, 0.3) is 5.67 Å². The first-order valence-corrected chi connectivity index (χ1v) is 11.6. The van der Waals surface area contributed by atoms with Crippen molar-refractivity contribution in [1.82, 2.24) is 5.32 Å². The lowest BCUT2D eigenvalue weighted by molar-refractivity contribution is -0.171. The Bertz CT molecular complexity index is 574. The second kappa shape index (κ2) is 12.8. The van der Waals surface area contributed by atoms with E-state index in [1.54, 1.807) is 6.92 Å². The lowest BCUT2D eigenvalue weighted by atomic mass is 9.81. The molecule has 0 aromatic rings. The average molecular weight is 447 g/mol. The van der Waals surface area contributed by atoms with Crippen LogP contribution in [-0.4, -0.2) is 67.1 Å². The third-order valence-corrected chi connectivity index (χ3v) is 6.41. The summed E-state index contributed by atoms with van der Waals surface area (Å²) in [5, 5.41) is 13.3. The molecule has 0 radical (unpaired) electrons. The smallest absolute Gasteiger partial charge is 0.351 e. The first-order valence-electron chi connectivity index (χ1n) is 11.6. The Kier molecular flexibility index (Phi) is 11.6. The summed E-state index contributed by atoms with van der Waals surface area (Å²) in [7, 11) is 0. The number of esters is 1. The van der Waals surface area contributed by atoms with Crippen molar-refractivity contribution >= 4 is 11.8 Å². The molecule has 0 aliphatic carbocycles. The van der Waals surface area contributed by atoms with E-state index in [9.17, 15) is 14.7 Å². The highest BCUT2D eigenvalue weighted by Crippen LogP contribution is 2.30. The summed E-state index contributed by atoms with van der Waals surface area (Å²) in [4.78, 5) is 25.8. The van der Waals surface area contributed by atoms with Crippen LogP contribution in [0.1, 0.15) is 60.8 Å². The van der Waals surface area contributed by atoms with Crippen LogP contribution in [0.2, 0.25) is 0 Å². The summed E-state index contributed by atoms with van der Waals surface area (Å²) in [5.74, 6) is -2.66. The second-order valence-corrected chi connectivity index (χ2v) is 9.48. The third kappa shape index (κ3) is 8.08. The molecule has 8 atom stereocenters. The van der Waals surface area contributed by atoms with E-state index in [0.717, 1.165) is 32.9 Å². The molecule has 7 nitrogen and oxygen atoms in total. The lowest BCUT2D eigenvalue weighted by Gasteiger charge is -2.33. The maximum atomic E-state index is 15.5. The monoisotopic (exact) mass is 446 g/mol. The molecule has 1 aliphatic rings. The molecule has 1 fully saturated rings. The van der Waals surface area contributed by atoms with Gasteiger partial charge in [0.15, 0.2) is 5.78 Å². The van der Waals surface area contributed by atoms with Crippen LogP contribution in [-0.2, 0) is 19.1 Å². The first kappa shape index (κ1) is 27.9. The molecule has 0 aromatic carbocycles. The number of Topliss-reactive ketones (excluding diaryl/α,β-unsaturated/α-hetero) is 1. The van der Waals surface area contributed by atoms with Crippen molar-refractivity contribution in [3.8, 4) is 0 Å². The Balaban J connectivity index is 3.19. The van der Waals surface area contributed by atoms with Gasteiger partial charge in [-0.3, -0.25) is 4.79 Å². The predicted molar refractivity (Wildman–Crippen MR) is 118 cm³/mol. The Morgan fingerprint density at radius 3 is 2.52 bits per heavy atom. The third-order valence-electron chi connectivity index (χ3n) is 6.41. The van der Waals surface area contributed by atoms with E-state index in [1.165, 1.54) is 0 Å². The zero-order valence-corrected chi connectivity index (χ0v) is 20.0. The van der Waals surface area contributed by atoms with Crippen molar-refractivity contribution in [2.75, 3.05) is 26.2 Å². The van der Waals surface area contributed by atoms with Crippen molar-refractivity contribution in [2.24, 2.45) is 29.4 Å². The van der Waals surface area contributed by atoms with Crippen molar-refractivity contribution < 1.29 is 28.6 Å². The minimum absolute atomic E-state index is 0.0213. The van der Waals surface area contributed by atoms with Gasteiger partial charge in [-0.05, 0) is 57.0 Å². The Labute approximate surface area is 186 Å². The number of ketones is 1. The van der Waals surface area contributed by atoms with Crippen LogP contribution in [0.15, 0.2) is 0 Å². The highest BCUT2D eigenvalue weighted by Gasteiger charge is 2.48. The second-order valence-electron chi connectivity index (χ2n) is 9.48. The van der Waals surface area contributed by atoms with Gasteiger partial charge in [-0.25, -0.2) is 9.18 Å². The number of halogens is 1. The number of aliphatic hydroxyl groups is 1. The van der Waals surface area contributed by atoms with E-state index >= 15 is 4.39 Å². The van der Waals surface area contributed by atoms with Crippen LogP contribution in [0.3, 0.4) is 0 Å². The molecule has 0 spiro atoms. The van der Waals surface area contributed by atoms with Crippen LogP contribution in [0.4, 0.5) is 4.39 Å². The number of cyclic esters (lactones) is 1. The van der Waals surface area contributed by atoms with Gasteiger partial charge in [-0.2, -0.15) is 0 Å². The Hall–Kier alpha value is -1.09. The van der Waals surface area contributed by atoms with Crippen LogP contribution in [0.25, 0.3) is 0 Å². The fourth-order valence-electron chi connectivity index (χ4n) is 4.34. The summed E-state index contributed by atoms with van der Waals surface area (Å²) in [6.07, 6.45) is 0.0752. The maximum absolute atomic E-state index is 15.5. The zero-order valence-electron chi connectivity index (χ0n) is 20.0.